The molecule has 1 atom stereocenters. The van der Waals surface area contributed by atoms with Gasteiger partial charge in [0.15, 0.2) is 0 Å². The highest BCUT2D eigenvalue weighted by molar-refractivity contribution is 7.89. The van der Waals surface area contributed by atoms with Gasteiger partial charge in [-0.3, -0.25) is 0 Å². The summed E-state index contributed by atoms with van der Waals surface area (Å²) in [6.45, 7) is 3.91. The molecule has 0 saturated heterocycles. The topological polar surface area (TPSA) is 72.2 Å². The maximum atomic E-state index is 11.7. The van der Waals surface area contributed by atoms with E-state index in [1.165, 1.54) is 12.8 Å². The Bertz CT molecular complexity index is 308. The summed E-state index contributed by atoms with van der Waals surface area (Å²) >= 11 is 0. The Balaban J connectivity index is 2.51. The van der Waals surface area contributed by atoms with Gasteiger partial charge in [0.05, 0.1) is 5.75 Å². The SMILES string of the molecule is C=CCCS(=O)(=O)NC(CN)C1CCCC1. The second-order valence-corrected chi connectivity index (χ2v) is 6.27. The van der Waals surface area contributed by atoms with Crippen LogP contribution >= 0.6 is 0 Å². The van der Waals surface area contributed by atoms with Crippen LogP contribution in [0.15, 0.2) is 12.7 Å². The van der Waals surface area contributed by atoms with E-state index in [0.717, 1.165) is 12.8 Å². The molecule has 0 radical (unpaired) electrons. The van der Waals surface area contributed by atoms with E-state index in [1.807, 2.05) is 0 Å². The summed E-state index contributed by atoms with van der Waals surface area (Å²) < 4.78 is 26.1. The molecule has 1 aliphatic rings. The van der Waals surface area contributed by atoms with Gasteiger partial charge in [-0.15, -0.1) is 6.58 Å². The average molecular weight is 246 g/mol. The first-order valence-electron chi connectivity index (χ1n) is 5.90. The fourth-order valence-electron chi connectivity index (χ4n) is 2.22. The zero-order valence-electron chi connectivity index (χ0n) is 9.69. The van der Waals surface area contributed by atoms with Crippen molar-refractivity contribution in [1.82, 2.24) is 4.72 Å². The molecule has 94 valence electrons. The molecule has 0 aromatic rings. The smallest absolute Gasteiger partial charge is 0.212 e. The lowest BCUT2D eigenvalue weighted by molar-refractivity contribution is 0.405. The van der Waals surface area contributed by atoms with Gasteiger partial charge in [0.1, 0.15) is 0 Å². The van der Waals surface area contributed by atoms with Crippen LogP contribution in [-0.2, 0) is 10.0 Å². The number of allylic oxidation sites excluding steroid dienone is 1. The van der Waals surface area contributed by atoms with E-state index in [9.17, 15) is 8.42 Å². The van der Waals surface area contributed by atoms with Crippen molar-refractivity contribution < 1.29 is 8.42 Å². The van der Waals surface area contributed by atoms with E-state index >= 15 is 0 Å². The van der Waals surface area contributed by atoms with Gasteiger partial charge in [-0.1, -0.05) is 18.9 Å². The Morgan fingerprint density at radius 1 is 1.44 bits per heavy atom. The quantitative estimate of drug-likeness (QED) is 0.658. The molecule has 0 heterocycles. The molecule has 0 amide bonds. The Morgan fingerprint density at radius 3 is 2.56 bits per heavy atom. The molecule has 5 heteroatoms. The van der Waals surface area contributed by atoms with E-state index in [2.05, 4.69) is 11.3 Å². The van der Waals surface area contributed by atoms with Crippen molar-refractivity contribution in [3.63, 3.8) is 0 Å². The van der Waals surface area contributed by atoms with E-state index < -0.39 is 10.0 Å². The van der Waals surface area contributed by atoms with E-state index in [4.69, 9.17) is 5.73 Å². The van der Waals surface area contributed by atoms with Crippen LogP contribution < -0.4 is 10.5 Å². The zero-order valence-corrected chi connectivity index (χ0v) is 10.5. The lowest BCUT2D eigenvalue weighted by atomic mass is 9.99. The van der Waals surface area contributed by atoms with Crippen LogP contribution in [0.25, 0.3) is 0 Å². The number of nitrogens with two attached hydrogens (primary N) is 1. The van der Waals surface area contributed by atoms with Crippen molar-refractivity contribution >= 4 is 10.0 Å². The zero-order chi connectivity index (χ0) is 12.0. The van der Waals surface area contributed by atoms with Crippen LogP contribution in [0.2, 0.25) is 0 Å². The Labute approximate surface area is 98.3 Å². The van der Waals surface area contributed by atoms with Gasteiger partial charge in [-0.25, -0.2) is 13.1 Å². The Morgan fingerprint density at radius 2 is 2.06 bits per heavy atom. The molecule has 1 unspecified atom stereocenters. The maximum absolute atomic E-state index is 11.7. The summed E-state index contributed by atoms with van der Waals surface area (Å²) in [6.07, 6.45) is 6.66. The van der Waals surface area contributed by atoms with Gasteiger partial charge < -0.3 is 5.73 Å². The average Bonchev–Trinajstić information content (AvgIpc) is 2.76. The standard InChI is InChI=1S/C11H22N2O2S/c1-2-3-8-16(14,15)13-11(9-12)10-6-4-5-7-10/h2,10-11,13H,1,3-9,12H2. The monoisotopic (exact) mass is 246 g/mol. The molecular weight excluding hydrogens is 224 g/mol. The van der Waals surface area contributed by atoms with Crippen molar-refractivity contribution in [2.24, 2.45) is 11.7 Å². The fraction of sp³-hybridized carbons (Fsp3) is 0.818. The minimum absolute atomic E-state index is 0.0858. The van der Waals surface area contributed by atoms with E-state index in [0.29, 0.717) is 18.9 Å². The highest BCUT2D eigenvalue weighted by Gasteiger charge is 2.27. The van der Waals surface area contributed by atoms with Crippen LogP contribution in [0.5, 0.6) is 0 Å². The number of sulfonamides is 1. The molecule has 0 bridgehead atoms. The predicted molar refractivity (Wildman–Crippen MR) is 66.5 cm³/mol. The third-order valence-electron chi connectivity index (χ3n) is 3.14. The van der Waals surface area contributed by atoms with Gasteiger partial charge in [-0.2, -0.15) is 0 Å². The van der Waals surface area contributed by atoms with Crippen molar-refractivity contribution in [3.8, 4) is 0 Å². The molecule has 1 rings (SSSR count). The first kappa shape index (κ1) is 13.7. The van der Waals surface area contributed by atoms with Crippen molar-refractivity contribution in [1.29, 1.82) is 0 Å². The largest absolute Gasteiger partial charge is 0.329 e. The van der Waals surface area contributed by atoms with Gasteiger partial charge in [0.25, 0.3) is 0 Å². The molecule has 1 saturated carbocycles. The number of hydrogen-bond acceptors (Lipinski definition) is 3. The highest BCUT2D eigenvalue weighted by atomic mass is 32.2. The molecule has 0 aromatic carbocycles. The molecule has 0 spiro atoms. The third kappa shape index (κ3) is 4.23. The number of nitrogens with one attached hydrogen (secondary N) is 1. The van der Waals surface area contributed by atoms with Gasteiger partial charge in [0, 0.05) is 12.6 Å². The van der Waals surface area contributed by atoms with E-state index in [1.54, 1.807) is 6.08 Å². The highest BCUT2D eigenvalue weighted by Crippen LogP contribution is 2.27. The normalized spacial score (nSPS) is 19.8. The van der Waals surface area contributed by atoms with Crippen molar-refractivity contribution in [2.45, 2.75) is 38.1 Å². The molecule has 16 heavy (non-hydrogen) atoms. The summed E-state index contributed by atoms with van der Waals surface area (Å²) in [5, 5.41) is 0. The number of hydrogen-bond donors (Lipinski definition) is 2. The minimum Gasteiger partial charge on any atom is -0.329 e. The lowest BCUT2D eigenvalue weighted by Crippen LogP contribution is -2.45. The summed E-state index contributed by atoms with van der Waals surface area (Å²) in [5.74, 6) is 0.531. The van der Waals surface area contributed by atoms with Crippen molar-refractivity contribution in [3.05, 3.63) is 12.7 Å². The Kier molecular flexibility index (Phi) is 5.44. The fourth-order valence-corrected chi connectivity index (χ4v) is 3.57. The minimum atomic E-state index is -3.19. The summed E-state index contributed by atoms with van der Waals surface area (Å²) in [6, 6.07) is -0.0858. The first-order chi connectivity index (χ1) is 7.59. The second-order valence-electron chi connectivity index (χ2n) is 4.40. The van der Waals surface area contributed by atoms with Gasteiger partial charge >= 0.3 is 0 Å². The lowest BCUT2D eigenvalue weighted by Gasteiger charge is -2.22. The van der Waals surface area contributed by atoms with Crippen LogP contribution in [0.1, 0.15) is 32.1 Å². The van der Waals surface area contributed by atoms with Crippen LogP contribution in [0, 0.1) is 5.92 Å². The van der Waals surface area contributed by atoms with Gasteiger partial charge in [-0.05, 0) is 25.2 Å². The molecule has 1 fully saturated rings. The van der Waals surface area contributed by atoms with Crippen LogP contribution in [0.3, 0.4) is 0 Å². The van der Waals surface area contributed by atoms with E-state index in [-0.39, 0.29) is 11.8 Å². The maximum Gasteiger partial charge on any atom is 0.212 e. The molecule has 3 N–H and O–H groups in total. The molecule has 0 aliphatic heterocycles. The molecular formula is C11H22N2O2S. The summed E-state index contributed by atoms with van der Waals surface area (Å²) in [7, 11) is -3.19. The van der Waals surface area contributed by atoms with Crippen molar-refractivity contribution in [2.75, 3.05) is 12.3 Å². The van der Waals surface area contributed by atoms with Gasteiger partial charge in [0.2, 0.25) is 10.0 Å². The first-order valence-corrected chi connectivity index (χ1v) is 7.55. The summed E-state index contributed by atoms with van der Waals surface area (Å²) in [5.41, 5.74) is 5.64. The van der Waals surface area contributed by atoms with Crippen LogP contribution in [0.4, 0.5) is 0 Å². The number of rotatable bonds is 7. The molecule has 0 aromatic heterocycles. The molecule has 1 aliphatic carbocycles. The predicted octanol–water partition coefficient (Wildman–Crippen LogP) is 0.999. The Hall–Kier alpha value is -0.390. The summed E-state index contributed by atoms with van der Waals surface area (Å²) in [4.78, 5) is 0. The third-order valence-corrected chi connectivity index (χ3v) is 4.58. The van der Waals surface area contributed by atoms with Crippen LogP contribution in [-0.4, -0.2) is 26.8 Å². The molecule has 4 nitrogen and oxygen atoms in total. The second kappa shape index (κ2) is 6.37.